The molecule has 0 aromatic carbocycles. The zero-order valence-electron chi connectivity index (χ0n) is 9.33. The number of hydrogen-bond acceptors (Lipinski definition) is 3. The maximum atomic E-state index is 5.81. The molecular formula is C11H22N2O. The Hall–Kier alpha value is -0.120. The minimum atomic E-state index is 0.389. The third-order valence-corrected chi connectivity index (χ3v) is 3.67. The van der Waals surface area contributed by atoms with Crippen molar-refractivity contribution < 1.29 is 4.74 Å². The van der Waals surface area contributed by atoms with Crippen LogP contribution in [0.2, 0.25) is 0 Å². The van der Waals surface area contributed by atoms with Gasteiger partial charge in [-0.05, 0) is 38.6 Å². The van der Waals surface area contributed by atoms with Crippen LogP contribution in [0.3, 0.4) is 0 Å². The van der Waals surface area contributed by atoms with Crippen molar-refractivity contribution in [2.24, 2.45) is 11.1 Å². The first-order valence-corrected chi connectivity index (χ1v) is 5.71. The Balaban J connectivity index is 1.89. The van der Waals surface area contributed by atoms with Gasteiger partial charge in [0.15, 0.2) is 0 Å². The first-order valence-electron chi connectivity index (χ1n) is 5.71. The molecule has 2 atom stereocenters. The summed E-state index contributed by atoms with van der Waals surface area (Å²) in [4.78, 5) is 2.55. The molecule has 0 amide bonds. The van der Waals surface area contributed by atoms with Crippen molar-refractivity contribution >= 4 is 0 Å². The Morgan fingerprint density at radius 1 is 1.43 bits per heavy atom. The third-order valence-electron chi connectivity index (χ3n) is 3.67. The molecule has 2 rings (SSSR count). The van der Waals surface area contributed by atoms with E-state index in [2.05, 4.69) is 18.7 Å². The predicted molar refractivity (Wildman–Crippen MR) is 57.2 cm³/mol. The lowest BCUT2D eigenvalue weighted by molar-refractivity contribution is -0.0553. The van der Waals surface area contributed by atoms with Crippen LogP contribution in [0.15, 0.2) is 0 Å². The summed E-state index contributed by atoms with van der Waals surface area (Å²) in [5.74, 6) is 0. The van der Waals surface area contributed by atoms with Crippen LogP contribution in [0.5, 0.6) is 0 Å². The summed E-state index contributed by atoms with van der Waals surface area (Å²) in [5.41, 5.74) is 6.27. The number of nitrogens with two attached hydrogens (primary N) is 1. The first-order chi connectivity index (χ1) is 6.65. The average molecular weight is 198 g/mol. The summed E-state index contributed by atoms with van der Waals surface area (Å²) in [6.07, 6.45) is 3.03. The minimum Gasteiger partial charge on any atom is -0.376 e. The molecule has 0 radical (unpaired) electrons. The molecular weight excluding hydrogens is 176 g/mol. The zero-order valence-corrected chi connectivity index (χ0v) is 9.33. The molecule has 1 heterocycles. The second-order valence-corrected chi connectivity index (χ2v) is 5.13. The molecule has 0 aromatic heterocycles. The SMILES string of the molecule is CC1CN(CC2(CN)CC2)C(C)CO1. The van der Waals surface area contributed by atoms with Crippen LogP contribution in [0.25, 0.3) is 0 Å². The van der Waals surface area contributed by atoms with Crippen molar-refractivity contribution in [3.8, 4) is 0 Å². The number of hydrogen-bond donors (Lipinski definition) is 1. The Morgan fingerprint density at radius 2 is 2.14 bits per heavy atom. The number of nitrogens with zero attached hydrogens (tertiary/aromatic N) is 1. The van der Waals surface area contributed by atoms with Crippen molar-refractivity contribution in [2.75, 3.05) is 26.2 Å². The second-order valence-electron chi connectivity index (χ2n) is 5.13. The van der Waals surface area contributed by atoms with Gasteiger partial charge in [-0.3, -0.25) is 4.90 Å². The van der Waals surface area contributed by atoms with E-state index in [-0.39, 0.29) is 0 Å². The fourth-order valence-electron chi connectivity index (χ4n) is 2.23. The molecule has 0 spiro atoms. The lowest BCUT2D eigenvalue weighted by atomic mass is 10.0. The van der Waals surface area contributed by atoms with E-state index in [1.807, 2.05) is 0 Å². The molecule has 2 fully saturated rings. The van der Waals surface area contributed by atoms with Crippen molar-refractivity contribution in [1.82, 2.24) is 4.90 Å². The monoisotopic (exact) mass is 198 g/mol. The average Bonchev–Trinajstić information content (AvgIpc) is 2.92. The van der Waals surface area contributed by atoms with Crippen LogP contribution >= 0.6 is 0 Å². The van der Waals surface area contributed by atoms with Gasteiger partial charge in [0, 0.05) is 19.1 Å². The molecule has 82 valence electrons. The smallest absolute Gasteiger partial charge is 0.0674 e. The molecule has 2 aliphatic rings. The Kier molecular flexibility index (Phi) is 2.82. The van der Waals surface area contributed by atoms with E-state index in [9.17, 15) is 0 Å². The summed E-state index contributed by atoms with van der Waals surface area (Å²) < 4.78 is 5.62. The summed E-state index contributed by atoms with van der Waals surface area (Å²) in [6, 6.07) is 0.565. The maximum Gasteiger partial charge on any atom is 0.0674 e. The Bertz CT molecular complexity index is 203. The van der Waals surface area contributed by atoms with Crippen LogP contribution in [0.1, 0.15) is 26.7 Å². The highest BCUT2D eigenvalue weighted by molar-refractivity contribution is 4.97. The van der Waals surface area contributed by atoms with Crippen LogP contribution in [-0.4, -0.2) is 43.3 Å². The van der Waals surface area contributed by atoms with E-state index in [4.69, 9.17) is 10.5 Å². The van der Waals surface area contributed by atoms with Crippen molar-refractivity contribution in [3.05, 3.63) is 0 Å². The van der Waals surface area contributed by atoms with Crippen LogP contribution in [-0.2, 0) is 4.74 Å². The molecule has 1 saturated carbocycles. The van der Waals surface area contributed by atoms with Gasteiger partial charge in [-0.1, -0.05) is 0 Å². The zero-order chi connectivity index (χ0) is 10.2. The highest BCUT2D eigenvalue weighted by atomic mass is 16.5. The van der Waals surface area contributed by atoms with E-state index in [1.165, 1.54) is 19.4 Å². The van der Waals surface area contributed by atoms with Crippen LogP contribution in [0, 0.1) is 5.41 Å². The summed E-state index contributed by atoms with van der Waals surface area (Å²) in [6.45, 7) is 8.38. The van der Waals surface area contributed by atoms with Gasteiger partial charge in [0.1, 0.15) is 0 Å². The molecule has 0 bridgehead atoms. The number of ether oxygens (including phenoxy) is 1. The number of morpholine rings is 1. The highest BCUT2D eigenvalue weighted by Crippen LogP contribution is 2.45. The van der Waals surface area contributed by atoms with E-state index in [1.54, 1.807) is 0 Å². The van der Waals surface area contributed by atoms with Gasteiger partial charge in [-0.25, -0.2) is 0 Å². The fourth-order valence-corrected chi connectivity index (χ4v) is 2.23. The predicted octanol–water partition coefficient (Wildman–Crippen LogP) is 0.834. The maximum absolute atomic E-state index is 5.81. The van der Waals surface area contributed by atoms with E-state index < -0.39 is 0 Å². The molecule has 3 nitrogen and oxygen atoms in total. The second kappa shape index (κ2) is 3.80. The quantitative estimate of drug-likeness (QED) is 0.730. The lowest BCUT2D eigenvalue weighted by Crippen LogP contribution is -2.50. The molecule has 1 aliphatic carbocycles. The molecule has 0 aromatic rings. The Labute approximate surface area is 86.6 Å². The van der Waals surface area contributed by atoms with Gasteiger partial charge in [0.2, 0.25) is 0 Å². The standard InChI is InChI=1S/C11H22N2O/c1-9-6-14-10(2)5-13(9)8-11(7-12)3-4-11/h9-10H,3-8,12H2,1-2H3. The van der Waals surface area contributed by atoms with Crippen LogP contribution in [0.4, 0.5) is 0 Å². The van der Waals surface area contributed by atoms with Crippen molar-refractivity contribution in [2.45, 2.75) is 38.8 Å². The molecule has 1 saturated heterocycles. The third kappa shape index (κ3) is 2.10. The molecule has 1 aliphatic heterocycles. The summed E-state index contributed by atoms with van der Waals surface area (Å²) in [5, 5.41) is 0. The van der Waals surface area contributed by atoms with E-state index >= 15 is 0 Å². The molecule has 2 N–H and O–H groups in total. The normalized spacial score (nSPS) is 37.1. The topological polar surface area (TPSA) is 38.5 Å². The summed E-state index contributed by atoms with van der Waals surface area (Å²) >= 11 is 0. The van der Waals surface area contributed by atoms with Gasteiger partial charge in [-0.15, -0.1) is 0 Å². The molecule has 3 heteroatoms. The lowest BCUT2D eigenvalue weighted by Gasteiger charge is -2.38. The fraction of sp³-hybridized carbons (Fsp3) is 1.00. The van der Waals surface area contributed by atoms with Crippen molar-refractivity contribution in [1.29, 1.82) is 0 Å². The van der Waals surface area contributed by atoms with Crippen molar-refractivity contribution in [3.63, 3.8) is 0 Å². The number of rotatable bonds is 3. The molecule has 2 unspecified atom stereocenters. The van der Waals surface area contributed by atoms with Crippen LogP contribution < -0.4 is 5.73 Å². The van der Waals surface area contributed by atoms with Gasteiger partial charge >= 0.3 is 0 Å². The van der Waals surface area contributed by atoms with E-state index in [0.29, 0.717) is 17.6 Å². The van der Waals surface area contributed by atoms with Gasteiger partial charge in [0.25, 0.3) is 0 Å². The minimum absolute atomic E-state index is 0.389. The van der Waals surface area contributed by atoms with Gasteiger partial charge < -0.3 is 10.5 Å². The first kappa shape index (κ1) is 10.4. The van der Waals surface area contributed by atoms with E-state index in [0.717, 1.165) is 19.7 Å². The summed E-state index contributed by atoms with van der Waals surface area (Å²) in [7, 11) is 0. The highest BCUT2D eigenvalue weighted by Gasteiger charge is 2.43. The molecule has 14 heavy (non-hydrogen) atoms. The van der Waals surface area contributed by atoms with Gasteiger partial charge in [-0.2, -0.15) is 0 Å². The Morgan fingerprint density at radius 3 is 2.71 bits per heavy atom. The van der Waals surface area contributed by atoms with Gasteiger partial charge in [0.05, 0.1) is 12.7 Å². The largest absolute Gasteiger partial charge is 0.376 e.